The van der Waals surface area contributed by atoms with Gasteiger partial charge in [-0.1, -0.05) is 30.3 Å². The third-order valence-corrected chi connectivity index (χ3v) is 5.27. The molecule has 2 fully saturated rings. The van der Waals surface area contributed by atoms with Crippen molar-refractivity contribution in [3.05, 3.63) is 35.9 Å². The van der Waals surface area contributed by atoms with Crippen LogP contribution in [0.1, 0.15) is 24.8 Å². The molecule has 26 heavy (non-hydrogen) atoms. The normalized spacial score (nSPS) is 21.4. The maximum absolute atomic E-state index is 12.3. The third-order valence-electron chi connectivity index (χ3n) is 5.27. The molecule has 1 aromatic carbocycles. The number of hydrogen-bond donors (Lipinski definition) is 2. The van der Waals surface area contributed by atoms with Crippen molar-refractivity contribution in [1.82, 2.24) is 15.1 Å². The van der Waals surface area contributed by atoms with E-state index in [0.29, 0.717) is 32.1 Å². The molecule has 3 amide bonds. The number of carbonyl (C=O) groups is 2. The van der Waals surface area contributed by atoms with Crippen LogP contribution in [0.15, 0.2) is 30.3 Å². The Morgan fingerprint density at radius 2 is 1.92 bits per heavy atom. The standard InChI is InChI=1S/C19H27N3O4/c23-13-12-22-17(6-9-20-18(22)24)16-7-10-21(11-8-16)19(25)26-14-15-4-2-1-3-5-15/h1-5,16-17,23H,6-14H2,(H,20,24). The fourth-order valence-corrected chi connectivity index (χ4v) is 3.88. The molecule has 3 rings (SSSR count). The van der Waals surface area contributed by atoms with Crippen molar-refractivity contribution < 1.29 is 19.4 Å². The van der Waals surface area contributed by atoms with Crippen LogP contribution in [-0.2, 0) is 11.3 Å². The van der Waals surface area contributed by atoms with E-state index in [9.17, 15) is 14.7 Å². The largest absolute Gasteiger partial charge is 0.445 e. The molecule has 0 saturated carbocycles. The highest BCUT2D eigenvalue weighted by molar-refractivity contribution is 5.75. The zero-order valence-corrected chi connectivity index (χ0v) is 15.0. The number of carbonyl (C=O) groups excluding carboxylic acids is 2. The lowest BCUT2D eigenvalue weighted by Crippen LogP contribution is -2.57. The Bertz CT molecular complexity index is 602. The van der Waals surface area contributed by atoms with E-state index >= 15 is 0 Å². The molecule has 0 spiro atoms. The predicted molar refractivity (Wildman–Crippen MR) is 96.5 cm³/mol. The molecule has 142 valence electrons. The van der Waals surface area contributed by atoms with Crippen molar-refractivity contribution in [3.63, 3.8) is 0 Å². The summed E-state index contributed by atoms with van der Waals surface area (Å²) in [4.78, 5) is 27.8. The van der Waals surface area contributed by atoms with E-state index in [1.54, 1.807) is 9.80 Å². The summed E-state index contributed by atoms with van der Waals surface area (Å²) < 4.78 is 5.40. The smallest absolute Gasteiger partial charge is 0.410 e. The van der Waals surface area contributed by atoms with Crippen LogP contribution in [-0.4, -0.2) is 65.9 Å². The first kappa shape index (κ1) is 18.5. The van der Waals surface area contributed by atoms with E-state index in [-0.39, 0.29) is 31.4 Å². The summed E-state index contributed by atoms with van der Waals surface area (Å²) in [6.45, 7) is 2.56. The minimum atomic E-state index is -0.277. The molecular weight excluding hydrogens is 334 g/mol. The molecule has 0 aliphatic carbocycles. The van der Waals surface area contributed by atoms with Gasteiger partial charge >= 0.3 is 12.1 Å². The van der Waals surface area contributed by atoms with Crippen LogP contribution in [0.3, 0.4) is 0 Å². The SMILES string of the molecule is O=C(OCc1ccccc1)N1CCC(C2CCNC(=O)N2CCO)CC1. The van der Waals surface area contributed by atoms with Gasteiger partial charge in [-0.05, 0) is 30.7 Å². The summed E-state index contributed by atoms with van der Waals surface area (Å²) in [6.07, 6.45) is 2.30. The Morgan fingerprint density at radius 1 is 1.19 bits per heavy atom. The average molecular weight is 361 g/mol. The predicted octanol–water partition coefficient (Wildman–Crippen LogP) is 1.81. The minimum Gasteiger partial charge on any atom is -0.445 e. The Balaban J connectivity index is 1.48. The second kappa shape index (κ2) is 8.89. The number of ether oxygens (including phenoxy) is 1. The molecule has 1 aromatic rings. The van der Waals surface area contributed by atoms with Crippen molar-refractivity contribution in [2.24, 2.45) is 5.92 Å². The molecule has 2 aliphatic heterocycles. The van der Waals surface area contributed by atoms with Crippen LogP contribution < -0.4 is 5.32 Å². The molecular formula is C19H27N3O4. The summed E-state index contributed by atoms with van der Waals surface area (Å²) in [6, 6.07) is 9.69. The third kappa shape index (κ3) is 4.46. The maximum Gasteiger partial charge on any atom is 0.410 e. The van der Waals surface area contributed by atoms with Crippen molar-refractivity contribution in [3.8, 4) is 0 Å². The van der Waals surface area contributed by atoms with Gasteiger partial charge in [0.1, 0.15) is 6.61 Å². The number of hydrogen-bond acceptors (Lipinski definition) is 4. The Hall–Kier alpha value is -2.28. The Kier molecular flexibility index (Phi) is 6.33. The van der Waals surface area contributed by atoms with Crippen molar-refractivity contribution in [1.29, 1.82) is 0 Å². The van der Waals surface area contributed by atoms with E-state index in [1.165, 1.54) is 0 Å². The zero-order valence-electron chi connectivity index (χ0n) is 15.0. The first-order valence-electron chi connectivity index (χ1n) is 9.30. The van der Waals surface area contributed by atoms with Gasteiger partial charge in [0.15, 0.2) is 0 Å². The number of nitrogens with one attached hydrogen (secondary N) is 1. The first-order valence-corrected chi connectivity index (χ1v) is 9.30. The van der Waals surface area contributed by atoms with E-state index in [2.05, 4.69) is 5.32 Å². The highest BCUT2D eigenvalue weighted by Gasteiger charge is 2.36. The molecule has 2 aliphatic rings. The van der Waals surface area contributed by atoms with Gasteiger partial charge in [0.2, 0.25) is 0 Å². The number of aliphatic hydroxyl groups excluding tert-OH is 1. The van der Waals surface area contributed by atoms with E-state index in [4.69, 9.17) is 4.74 Å². The average Bonchev–Trinajstić information content (AvgIpc) is 2.69. The topological polar surface area (TPSA) is 82.1 Å². The lowest BCUT2D eigenvalue weighted by Gasteiger charge is -2.43. The molecule has 0 bridgehead atoms. The number of urea groups is 1. The molecule has 7 nitrogen and oxygen atoms in total. The lowest BCUT2D eigenvalue weighted by atomic mass is 9.86. The van der Waals surface area contributed by atoms with Crippen molar-refractivity contribution in [2.45, 2.75) is 31.9 Å². The molecule has 2 heterocycles. The molecule has 7 heteroatoms. The molecule has 0 aromatic heterocycles. The summed E-state index contributed by atoms with van der Waals surface area (Å²) in [5.41, 5.74) is 0.976. The van der Waals surface area contributed by atoms with Gasteiger partial charge in [-0.15, -0.1) is 0 Å². The van der Waals surface area contributed by atoms with Crippen molar-refractivity contribution >= 4 is 12.1 Å². The van der Waals surface area contributed by atoms with Gasteiger partial charge in [0, 0.05) is 32.2 Å². The lowest BCUT2D eigenvalue weighted by molar-refractivity contribution is 0.0569. The number of nitrogens with zero attached hydrogens (tertiary/aromatic N) is 2. The van der Waals surface area contributed by atoms with Crippen LogP contribution in [0.5, 0.6) is 0 Å². The number of rotatable bonds is 5. The number of amides is 3. The molecule has 2 saturated heterocycles. The first-order chi connectivity index (χ1) is 12.7. The fourth-order valence-electron chi connectivity index (χ4n) is 3.88. The second-order valence-corrected chi connectivity index (χ2v) is 6.87. The summed E-state index contributed by atoms with van der Waals surface area (Å²) in [7, 11) is 0. The van der Waals surface area contributed by atoms with E-state index < -0.39 is 0 Å². The highest BCUT2D eigenvalue weighted by Crippen LogP contribution is 2.28. The molecule has 1 unspecified atom stereocenters. The fraction of sp³-hybridized carbons (Fsp3) is 0.579. The summed E-state index contributed by atoms with van der Waals surface area (Å²) in [5.74, 6) is 0.353. The van der Waals surface area contributed by atoms with Gasteiger partial charge in [0.25, 0.3) is 0 Å². The van der Waals surface area contributed by atoms with Crippen LogP contribution in [0.2, 0.25) is 0 Å². The zero-order chi connectivity index (χ0) is 18.4. The number of benzene rings is 1. The number of likely N-dealkylation sites (tertiary alicyclic amines) is 1. The van der Waals surface area contributed by atoms with Crippen LogP contribution in [0.25, 0.3) is 0 Å². The molecule has 1 atom stereocenters. The molecule has 2 N–H and O–H groups in total. The summed E-state index contributed by atoms with van der Waals surface area (Å²) >= 11 is 0. The Labute approximate surface area is 153 Å². The van der Waals surface area contributed by atoms with E-state index in [0.717, 1.165) is 24.8 Å². The molecule has 0 radical (unpaired) electrons. The van der Waals surface area contributed by atoms with Gasteiger partial charge in [0.05, 0.1) is 6.61 Å². The van der Waals surface area contributed by atoms with Gasteiger partial charge < -0.3 is 25.0 Å². The monoisotopic (exact) mass is 361 g/mol. The van der Waals surface area contributed by atoms with E-state index in [1.807, 2.05) is 30.3 Å². The number of piperidine rings is 1. The summed E-state index contributed by atoms with van der Waals surface area (Å²) in [5, 5.41) is 12.1. The van der Waals surface area contributed by atoms with Gasteiger partial charge in [-0.3, -0.25) is 0 Å². The highest BCUT2D eigenvalue weighted by atomic mass is 16.6. The van der Waals surface area contributed by atoms with Crippen LogP contribution in [0.4, 0.5) is 9.59 Å². The maximum atomic E-state index is 12.3. The van der Waals surface area contributed by atoms with Crippen molar-refractivity contribution in [2.75, 3.05) is 32.8 Å². The van der Waals surface area contributed by atoms with Crippen LogP contribution >= 0.6 is 0 Å². The number of β-amino-alcohol motifs (C(OH)–C–C–N with tert-alkyl or cyclic N) is 1. The minimum absolute atomic E-state index is 0.0332. The van der Waals surface area contributed by atoms with Gasteiger partial charge in [-0.25, -0.2) is 9.59 Å². The van der Waals surface area contributed by atoms with Crippen LogP contribution in [0, 0.1) is 5.92 Å². The Morgan fingerprint density at radius 3 is 2.62 bits per heavy atom. The quantitative estimate of drug-likeness (QED) is 0.838. The second-order valence-electron chi connectivity index (χ2n) is 6.87. The number of aliphatic hydroxyl groups is 1. The van der Waals surface area contributed by atoms with Gasteiger partial charge in [-0.2, -0.15) is 0 Å².